The monoisotopic (exact) mass is 538 g/mol. The third-order valence-corrected chi connectivity index (χ3v) is 7.31. The third kappa shape index (κ3) is 5.39. The average molecular weight is 539 g/mol. The molecule has 5 nitrogen and oxygen atoms in total. The molecule has 0 spiro atoms. The van der Waals surface area contributed by atoms with Crippen molar-refractivity contribution in [1.82, 2.24) is 14.7 Å². The number of rotatable bonds is 3. The van der Waals surface area contributed by atoms with Crippen molar-refractivity contribution in [2.45, 2.75) is 38.2 Å². The van der Waals surface area contributed by atoms with Gasteiger partial charge in [0.05, 0.1) is 34.3 Å². The van der Waals surface area contributed by atoms with Gasteiger partial charge in [0.1, 0.15) is 0 Å². The van der Waals surface area contributed by atoms with Gasteiger partial charge in [0.2, 0.25) is 0 Å². The fraction of sp³-hybridized carbons (Fsp3) is 0.320. The maximum absolute atomic E-state index is 13.5. The first-order valence-corrected chi connectivity index (χ1v) is 12.3. The summed E-state index contributed by atoms with van der Waals surface area (Å²) in [5.41, 5.74) is -1.84. The van der Waals surface area contributed by atoms with Gasteiger partial charge in [0, 0.05) is 18.5 Å². The molecule has 2 aromatic carbocycles. The van der Waals surface area contributed by atoms with E-state index in [4.69, 9.17) is 0 Å². The van der Waals surface area contributed by atoms with Gasteiger partial charge in [0.25, 0.3) is 5.91 Å². The number of piperidine rings is 1. The zero-order valence-electron chi connectivity index (χ0n) is 19.2. The Morgan fingerprint density at radius 1 is 0.946 bits per heavy atom. The van der Waals surface area contributed by atoms with E-state index in [9.17, 15) is 31.1 Å². The molecule has 3 heterocycles. The number of thioether (sulfide) groups is 1. The lowest BCUT2D eigenvalue weighted by molar-refractivity contribution is -0.143. The molecule has 194 valence electrons. The number of nitrogens with zero attached hydrogens (tertiary/aromatic N) is 4. The van der Waals surface area contributed by atoms with Crippen molar-refractivity contribution in [3.63, 3.8) is 0 Å². The van der Waals surface area contributed by atoms with Crippen molar-refractivity contribution >= 4 is 39.8 Å². The third-order valence-electron chi connectivity index (χ3n) is 6.26. The minimum Gasteiger partial charge on any atom is -0.351 e. The Balaban J connectivity index is 1.39. The molecule has 0 bridgehead atoms. The quantitative estimate of drug-likeness (QED) is 0.279. The number of carbonyl (C=O) groups excluding carboxylic acids is 1. The molecule has 2 aliphatic heterocycles. The first-order chi connectivity index (χ1) is 17.5. The van der Waals surface area contributed by atoms with Crippen molar-refractivity contribution < 1.29 is 31.1 Å². The topological polar surface area (TPSA) is 50.5 Å². The molecule has 0 atom stereocenters. The summed E-state index contributed by atoms with van der Waals surface area (Å²) >= 11 is 1.32. The second kappa shape index (κ2) is 9.55. The molecule has 1 aromatic heterocycles. The minimum absolute atomic E-state index is 0.127. The van der Waals surface area contributed by atoms with E-state index in [1.54, 1.807) is 24.3 Å². The number of benzene rings is 2. The molecule has 0 saturated carbocycles. The number of halogens is 6. The first-order valence-electron chi connectivity index (χ1n) is 11.5. The van der Waals surface area contributed by atoms with Crippen LogP contribution in [0.4, 0.5) is 26.3 Å². The Morgan fingerprint density at radius 2 is 1.70 bits per heavy atom. The number of amides is 1. The molecular weight excluding hydrogens is 518 g/mol. The molecule has 0 aliphatic carbocycles. The number of hydrogen-bond donors (Lipinski definition) is 0. The van der Waals surface area contributed by atoms with E-state index in [0.717, 1.165) is 38.4 Å². The molecule has 12 heteroatoms. The Morgan fingerprint density at radius 3 is 2.41 bits per heavy atom. The summed E-state index contributed by atoms with van der Waals surface area (Å²) < 4.78 is 80.8. The van der Waals surface area contributed by atoms with E-state index in [1.165, 1.54) is 22.6 Å². The lowest BCUT2D eigenvalue weighted by Crippen LogP contribution is -2.33. The summed E-state index contributed by atoms with van der Waals surface area (Å²) in [5, 5.41) is 5.46. The van der Waals surface area contributed by atoms with Crippen LogP contribution in [0.3, 0.4) is 0 Å². The largest absolute Gasteiger partial charge is 0.416 e. The van der Waals surface area contributed by atoms with Gasteiger partial charge in [-0.25, -0.2) is 0 Å². The number of likely N-dealkylation sites (tertiary alicyclic amines) is 1. The van der Waals surface area contributed by atoms with Gasteiger partial charge in [-0.1, -0.05) is 12.1 Å². The molecule has 1 fully saturated rings. The molecule has 5 rings (SSSR count). The molecule has 0 radical (unpaired) electrons. The second-order valence-electron chi connectivity index (χ2n) is 8.85. The van der Waals surface area contributed by atoms with Gasteiger partial charge in [-0.05, 0) is 72.5 Å². The van der Waals surface area contributed by atoms with Crippen LogP contribution in [0.2, 0.25) is 0 Å². The maximum Gasteiger partial charge on any atom is 0.416 e. The van der Waals surface area contributed by atoms with Gasteiger partial charge in [-0.2, -0.15) is 36.4 Å². The van der Waals surface area contributed by atoms with Crippen LogP contribution < -0.4 is 0 Å². The number of amidine groups is 1. The molecular formula is C25H20F6N4OS. The van der Waals surface area contributed by atoms with E-state index >= 15 is 0 Å². The summed E-state index contributed by atoms with van der Waals surface area (Å²) in [4.78, 5) is 19.2. The molecule has 37 heavy (non-hydrogen) atoms. The lowest BCUT2D eigenvalue weighted by atomic mass is 10.0. The molecule has 0 N–H and O–H groups in total. The minimum atomic E-state index is -4.96. The van der Waals surface area contributed by atoms with E-state index in [1.807, 2.05) is 0 Å². The van der Waals surface area contributed by atoms with Crippen molar-refractivity contribution in [3.8, 4) is 0 Å². The number of hydrogen-bond acceptors (Lipinski definition) is 4. The van der Waals surface area contributed by atoms with Crippen LogP contribution in [0, 0.1) is 0 Å². The van der Waals surface area contributed by atoms with Crippen LogP contribution in [0.25, 0.3) is 17.0 Å². The highest BCUT2D eigenvalue weighted by Gasteiger charge is 2.38. The standard InChI is InChI=1S/C25H20F6N4OS/c26-24(27,28)18-6-5-16(19(12-18)25(29,30)31)14-35-20-7-4-15(10-17(20)13-32-35)11-21-22(36)33-23(37-21)34-8-2-1-3-9-34/h4-7,10-13H,1-3,8-9,14H2/b21-11-. The molecule has 3 aromatic rings. The predicted octanol–water partition coefficient (Wildman–Crippen LogP) is 6.58. The highest BCUT2D eigenvalue weighted by atomic mass is 32.2. The van der Waals surface area contributed by atoms with Gasteiger partial charge < -0.3 is 4.90 Å². The van der Waals surface area contributed by atoms with Crippen molar-refractivity contribution in [2.75, 3.05) is 13.1 Å². The highest BCUT2D eigenvalue weighted by Crippen LogP contribution is 2.38. The lowest BCUT2D eigenvalue weighted by Gasteiger charge is -2.27. The smallest absolute Gasteiger partial charge is 0.351 e. The van der Waals surface area contributed by atoms with E-state index in [0.29, 0.717) is 32.6 Å². The van der Waals surface area contributed by atoms with Crippen LogP contribution in [0.1, 0.15) is 41.5 Å². The number of aromatic nitrogens is 2. The predicted molar refractivity (Wildman–Crippen MR) is 129 cm³/mol. The van der Waals surface area contributed by atoms with Gasteiger partial charge >= 0.3 is 12.4 Å². The SMILES string of the molecule is O=C1N=C(N2CCCCC2)S/C1=C\c1ccc2c(cnn2Cc2ccc(C(F)(F)F)cc2C(F)(F)F)c1. The van der Waals surface area contributed by atoms with Crippen molar-refractivity contribution in [3.05, 3.63) is 69.8 Å². The normalized spacial score (nSPS) is 18.2. The van der Waals surface area contributed by atoms with Crippen LogP contribution in [-0.2, 0) is 23.7 Å². The second-order valence-corrected chi connectivity index (χ2v) is 9.85. The zero-order valence-corrected chi connectivity index (χ0v) is 20.1. The van der Waals surface area contributed by atoms with E-state index in [2.05, 4.69) is 15.0 Å². The highest BCUT2D eigenvalue weighted by molar-refractivity contribution is 8.18. The number of aliphatic imine (C=N–C) groups is 1. The summed E-state index contributed by atoms with van der Waals surface area (Å²) in [7, 11) is 0. The van der Waals surface area contributed by atoms with E-state index in [-0.39, 0.29) is 24.1 Å². The molecule has 1 amide bonds. The number of alkyl halides is 6. The summed E-state index contributed by atoms with van der Waals surface area (Å²) in [6, 6.07) is 6.70. The Labute approximate surface area is 211 Å². The Bertz CT molecular complexity index is 1420. The number of carbonyl (C=O) groups is 1. The van der Waals surface area contributed by atoms with Crippen LogP contribution >= 0.6 is 11.8 Å². The van der Waals surface area contributed by atoms with Gasteiger partial charge in [0.15, 0.2) is 5.17 Å². The van der Waals surface area contributed by atoms with Crippen LogP contribution in [0.5, 0.6) is 0 Å². The maximum atomic E-state index is 13.5. The Hall–Kier alpha value is -3.28. The van der Waals surface area contributed by atoms with E-state index < -0.39 is 23.5 Å². The van der Waals surface area contributed by atoms with Gasteiger partial charge in [-0.3, -0.25) is 9.48 Å². The van der Waals surface area contributed by atoms with Gasteiger partial charge in [-0.15, -0.1) is 0 Å². The molecule has 0 unspecified atom stereocenters. The summed E-state index contributed by atoms with van der Waals surface area (Å²) in [5.74, 6) is -0.316. The molecule has 2 aliphatic rings. The average Bonchev–Trinajstić information content (AvgIpc) is 3.41. The summed E-state index contributed by atoms with van der Waals surface area (Å²) in [6.45, 7) is 1.37. The number of fused-ring (bicyclic) bond motifs is 1. The first kappa shape index (κ1) is 25.4. The Kier molecular flexibility index (Phi) is 6.55. The summed E-state index contributed by atoms with van der Waals surface area (Å²) in [6.07, 6.45) is -3.39. The van der Waals surface area contributed by atoms with Crippen LogP contribution in [-0.4, -0.2) is 38.8 Å². The van der Waals surface area contributed by atoms with Crippen LogP contribution in [0.15, 0.2) is 52.5 Å². The van der Waals surface area contributed by atoms with Crippen molar-refractivity contribution in [1.29, 1.82) is 0 Å². The van der Waals surface area contributed by atoms with Crippen molar-refractivity contribution in [2.24, 2.45) is 4.99 Å². The fourth-order valence-corrected chi connectivity index (χ4v) is 5.37. The fourth-order valence-electron chi connectivity index (χ4n) is 4.41. The molecule has 1 saturated heterocycles. The zero-order chi connectivity index (χ0) is 26.4.